The fourth-order valence-electron chi connectivity index (χ4n) is 4.85. The number of rotatable bonds is 4. The Bertz CT molecular complexity index is 1140. The second-order valence-corrected chi connectivity index (χ2v) is 8.47. The smallest absolute Gasteiger partial charge is 0.274 e. The summed E-state index contributed by atoms with van der Waals surface area (Å²) in [5.41, 5.74) is 3.10. The fourth-order valence-corrected chi connectivity index (χ4v) is 4.85. The molecule has 0 spiro atoms. The third-order valence-electron chi connectivity index (χ3n) is 6.62. The van der Waals surface area contributed by atoms with Gasteiger partial charge in [-0.3, -0.25) is 9.59 Å². The quantitative estimate of drug-likeness (QED) is 0.637. The Morgan fingerprint density at radius 3 is 2.56 bits per heavy atom. The zero-order valence-electron chi connectivity index (χ0n) is 18.3. The molecule has 5 rings (SSSR count). The highest BCUT2D eigenvalue weighted by molar-refractivity contribution is 5.94. The second kappa shape index (κ2) is 8.15. The van der Waals surface area contributed by atoms with E-state index >= 15 is 0 Å². The van der Waals surface area contributed by atoms with Crippen LogP contribution in [-0.2, 0) is 4.79 Å². The summed E-state index contributed by atoms with van der Waals surface area (Å²) in [6, 6.07) is 19.7. The van der Waals surface area contributed by atoms with Gasteiger partial charge < -0.3 is 14.5 Å². The van der Waals surface area contributed by atoms with Gasteiger partial charge in [0.15, 0.2) is 5.69 Å². The maximum Gasteiger partial charge on any atom is 0.274 e. The molecule has 2 aliphatic rings. The Labute approximate surface area is 187 Å². The Kier molecular flexibility index (Phi) is 5.17. The van der Waals surface area contributed by atoms with Gasteiger partial charge in [0.1, 0.15) is 5.75 Å². The summed E-state index contributed by atoms with van der Waals surface area (Å²) in [6.07, 6.45) is 1.32. The van der Waals surface area contributed by atoms with E-state index in [2.05, 4.69) is 0 Å². The zero-order valence-corrected chi connectivity index (χ0v) is 18.3. The highest BCUT2D eigenvalue weighted by Gasteiger charge is 2.42. The summed E-state index contributed by atoms with van der Waals surface area (Å²) in [6.45, 7) is 1.23. The van der Waals surface area contributed by atoms with Crippen LogP contribution in [0.15, 0.2) is 60.7 Å². The molecule has 1 aromatic heterocycles. The first-order valence-corrected chi connectivity index (χ1v) is 10.9. The van der Waals surface area contributed by atoms with Gasteiger partial charge in [-0.25, -0.2) is 4.68 Å². The number of ether oxygens (including phenoxy) is 1. The number of amides is 2. The van der Waals surface area contributed by atoms with Gasteiger partial charge in [0.2, 0.25) is 5.91 Å². The van der Waals surface area contributed by atoms with E-state index in [1.54, 1.807) is 7.11 Å². The Balaban J connectivity index is 1.47. The Hall–Kier alpha value is -3.61. The first kappa shape index (κ1) is 20.3. The number of likely N-dealkylation sites (tertiary alicyclic amines) is 2. The molecule has 0 bridgehead atoms. The normalized spacial score (nSPS) is 20.4. The van der Waals surface area contributed by atoms with E-state index < -0.39 is 0 Å². The fraction of sp³-hybridized carbons (Fsp3) is 0.320. The summed E-state index contributed by atoms with van der Waals surface area (Å²) in [7, 11) is 3.50. The van der Waals surface area contributed by atoms with Crippen molar-refractivity contribution in [3.05, 3.63) is 66.4 Å². The maximum atomic E-state index is 13.4. The molecule has 7 heteroatoms. The molecule has 2 amide bonds. The van der Waals surface area contributed by atoms with Crippen molar-refractivity contribution in [3.63, 3.8) is 0 Å². The van der Waals surface area contributed by atoms with Crippen molar-refractivity contribution in [1.29, 1.82) is 0 Å². The van der Waals surface area contributed by atoms with Crippen LogP contribution < -0.4 is 4.74 Å². The SMILES string of the molecule is COc1ccc(-n2nc(C(=O)N3CC[C@H]4[C@H](CC(=O)N4C)C3)cc2-c2ccccc2)cc1. The first-order valence-electron chi connectivity index (χ1n) is 10.9. The van der Waals surface area contributed by atoms with Gasteiger partial charge in [0.05, 0.1) is 18.5 Å². The molecule has 7 nitrogen and oxygen atoms in total. The minimum absolute atomic E-state index is 0.0881. The van der Waals surface area contributed by atoms with Gasteiger partial charge >= 0.3 is 0 Å². The molecule has 3 heterocycles. The van der Waals surface area contributed by atoms with Crippen molar-refractivity contribution < 1.29 is 14.3 Å². The van der Waals surface area contributed by atoms with Crippen LogP contribution in [0.1, 0.15) is 23.3 Å². The second-order valence-electron chi connectivity index (χ2n) is 8.47. The predicted octanol–water partition coefficient (Wildman–Crippen LogP) is 3.24. The van der Waals surface area contributed by atoms with Crippen LogP contribution in [-0.4, -0.2) is 64.7 Å². The van der Waals surface area contributed by atoms with Crippen LogP contribution >= 0.6 is 0 Å². The van der Waals surface area contributed by atoms with E-state index in [1.165, 1.54) is 0 Å². The van der Waals surface area contributed by atoms with E-state index in [0.717, 1.165) is 29.1 Å². The number of methoxy groups -OCH3 is 1. The topological polar surface area (TPSA) is 67.7 Å². The summed E-state index contributed by atoms with van der Waals surface area (Å²) in [5, 5.41) is 4.71. The number of carbonyl (C=O) groups is 2. The summed E-state index contributed by atoms with van der Waals surface area (Å²) in [4.78, 5) is 29.2. The molecule has 0 radical (unpaired) electrons. The molecule has 32 heavy (non-hydrogen) atoms. The molecule has 3 aromatic rings. The van der Waals surface area contributed by atoms with Crippen molar-refractivity contribution in [2.24, 2.45) is 5.92 Å². The number of piperidine rings is 1. The van der Waals surface area contributed by atoms with Gasteiger partial charge in [-0.1, -0.05) is 30.3 Å². The van der Waals surface area contributed by atoms with Crippen molar-refractivity contribution >= 4 is 11.8 Å². The Morgan fingerprint density at radius 1 is 1.09 bits per heavy atom. The lowest BCUT2D eigenvalue weighted by Gasteiger charge is -2.36. The van der Waals surface area contributed by atoms with E-state index in [4.69, 9.17) is 9.84 Å². The molecule has 164 valence electrons. The van der Waals surface area contributed by atoms with Crippen LogP contribution in [0.2, 0.25) is 0 Å². The highest BCUT2D eigenvalue weighted by Crippen LogP contribution is 2.32. The van der Waals surface area contributed by atoms with E-state index in [-0.39, 0.29) is 23.8 Å². The molecule has 2 aliphatic heterocycles. The molecule has 2 saturated heterocycles. The average molecular weight is 431 g/mol. The van der Waals surface area contributed by atoms with Gasteiger partial charge in [-0.2, -0.15) is 5.10 Å². The lowest BCUT2D eigenvalue weighted by molar-refractivity contribution is -0.127. The molecular formula is C25H26N4O3. The first-order chi connectivity index (χ1) is 15.5. The number of hydrogen-bond acceptors (Lipinski definition) is 4. The number of hydrogen-bond donors (Lipinski definition) is 0. The van der Waals surface area contributed by atoms with Crippen LogP contribution in [0.25, 0.3) is 16.9 Å². The summed E-state index contributed by atoms with van der Waals surface area (Å²) in [5.74, 6) is 1.04. The molecule has 2 atom stereocenters. The minimum atomic E-state index is -0.0881. The number of nitrogens with zero attached hydrogens (tertiary/aromatic N) is 4. The molecule has 2 aromatic carbocycles. The van der Waals surface area contributed by atoms with Crippen LogP contribution in [0.3, 0.4) is 0 Å². The third-order valence-corrected chi connectivity index (χ3v) is 6.62. The Morgan fingerprint density at radius 2 is 1.84 bits per heavy atom. The van der Waals surface area contributed by atoms with Gasteiger partial charge in [-0.15, -0.1) is 0 Å². The van der Waals surface area contributed by atoms with Crippen molar-refractivity contribution in [1.82, 2.24) is 19.6 Å². The number of benzene rings is 2. The van der Waals surface area contributed by atoms with Gasteiger partial charge in [-0.05, 0) is 36.8 Å². The lowest BCUT2D eigenvalue weighted by Crippen LogP contribution is -2.47. The van der Waals surface area contributed by atoms with E-state index in [0.29, 0.717) is 25.2 Å². The molecule has 2 fully saturated rings. The maximum absolute atomic E-state index is 13.4. The van der Waals surface area contributed by atoms with Crippen LogP contribution in [0.5, 0.6) is 5.75 Å². The number of aromatic nitrogens is 2. The van der Waals surface area contributed by atoms with Crippen molar-refractivity contribution in [3.8, 4) is 22.7 Å². The van der Waals surface area contributed by atoms with E-state index in [1.807, 2.05) is 82.2 Å². The highest BCUT2D eigenvalue weighted by atomic mass is 16.5. The van der Waals surface area contributed by atoms with Crippen LogP contribution in [0, 0.1) is 5.92 Å². The van der Waals surface area contributed by atoms with Crippen molar-refractivity contribution in [2.75, 3.05) is 27.2 Å². The molecule has 0 saturated carbocycles. The minimum Gasteiger partial charge on any atom is -0.497 e. The summed E-state index contributed by atoms with van der Waals surface area (Å²) >= 11 is 0. The largest absolute Gasteiger partial charge is 0.497 e. The van der Waals surface area contributed by atoms with Gasteiger partial charge in [0, 0.05) is 44.1 Å². The monoisotopic (exact) mass is 430 g/mol. The van der Waals surface area contributed by atoms with Crippen molar-refractivity contribution in [2.45, 2.75) is 18.9 Å². The standard InChI is InChI=1S/C25H26N4O3/c1-27-22-12-13-28(16-18(22)14-24(27)30)25(31)21-15-23(17-6-4-3-5-7-17)29(26-21)19-8-10-20(32-2)11-9-19/h3-11,15,18,22H,12-14,16H2,1-2H3/t18-,22+/m1/s1. The number of fused-ring (bicyclic) bond motifs is 1. The molecule has 0 unspecified atom stereocenters. The number of carbonyl (C=O) groups excluding carboxylic acids is 2. The van der Waals surface area contributed by atoms with Gasteiger partial charge in [0.25, 0.3) is 5.91 Å². The summed E-state index contributed by atoms with van der Waals surface area (Å²) < 4.78 is 7.08. The lowest BCUT2D eigenvalue weighted by atomic mass is 9.92. The van der Waals surface area contributed by atoms with E-state index in [9.17, 15) is 9.59 Å². The molecule has 0 N–H and O–H groups in total. The molecular weight excluding hydrogens is 404 g/mol. The average Bonchev–Trinajstić information content (AvgIpc) is 3.40. The predicted molar refractivity (Wildman–Crippen MR) is 121 cm³/mol. The third kappa shape index (κ3) is 3.53. The molecule has 0 aliphatic carbocycles. The van der Waals surface area contributed by atoms with Crippen LogP contribution in [0.4, 0.5) is 0 Å². The zero-order chi connectivity index (χ0) is 22.2.